The molecule has 28 heteroatoms. The van der Waals surface area contributed by atoms with Gasteiger partial charge in [-0.25, -0.2) is 4.98 Å². The largest absolute Gasteiger partial charge is 0.443 e. The van der Waals surface area contributed by atoms with Gasteiger partial charge in [-0.05, 0) is 30.7 Å². The second kappa shape index (κ2) is 23.6. The first-order chi connectivity index (χ1) is 36.2. The molecule has 0 saturated carbocycles. The van der Waals surface area contributed by atoms with E-state index in [9.17, 15) is 105 Å². The van der Waals surface area contributed by atoms with Crippen molar-refractivity contribution >= 4 is 28.0 Å². The van der Waals surface area contributed by atoms with Gasteiger partial charge in [-0.3, -0.25) is 0 Å². The van der Waals surface area contributed by atoms with Gasteiger partial charge in [-0.15, -0.1) is 0 Å². The fraction of sp³-hybridized carbons (Fsp3) is 0.333. The van der Waals surface area contributed by atoms with Gasteiger partial charge >= 0.3 is 55.3 Å². The molecule has 430 valence electrons. The van der Waals surface area contributed by atoms with Crippen LogP contribution in [0.2, 0.25) is 0 Å². The molecule has 1 heterocycles. The summed E-state index contributed by atoms with van der Waals surface area (Å²) in [6, 6.07) is 1.61. The Morgan fingerprint density at radius 3 is 0.975 bits per heavy atom. The van der Waals surface area contributed by atoms with Gasteiger partial charge in [0.25, 0.3) is 0 Å². The third kappa shape index (κ3) is 16.2. The smallest absolute Gasteiger partial charge is 0.416 e. The van der Waals surface area contributed by atoms with Gasteiger partial charge in [-0.1, -0.05) is 118 Å². The van der Waals surface area contributed by atoms with Crippen molar-refractivity contribution in [1.29, 1.82) is 0 Å². The van der Waals surface area contributed by atoms with E-state index < -0.39 is 195 Å². The van der Waals surface area contributed by atoms with Crippen LogP contribution in [-0.4, -0.2) is 17.7 Å². The standard InChI is InChI=1S/C32H12BF24.C19H27N2O/c34-25(35,36)13-1-14(26(37,38)39)6-21(5-13)33(22-7-15(27(40,41)42)2-16(8-22)28(43,44)45,23-9-17(29(46,47)48)3-18(10-23)30(49,50)51)24-11-19(31(52,53)54)4-20(12-24)32(55,56)57;1-2-3-4-5-6-10-15-22-19-16-20-13-14-21(19)17-18-11-8-7-9-12-18/h1-12H;7-9,11-14,16H,2-6,10,15,17H2,1H3/q-1;+1. The minimum atomic E-state index is -6.13. The highest BCUT2D eigenvalue weighted by atomic mass is 19.4. The summed E-state index contributed by atoms with van der Waals surface area (Å²) in [6.07, 6.45) is -41.6. The summed E-state index contributed by atoms with van der Waals surface area (Å²) in [5.41, 5.74) is -28.9. The summed E-state index contributed by atoms with van der Waals surface area (Å²) >= 11 is 0. The van der Waals surface area contributed by atoms with Crippen LogP contribution in [0.3, 0.4) is 0 Å². The Morgan fingerprint density at radius 1 is 0.392 bits per heavy atom. The molecule has 79 heavy (non-hydrogen) atoms. The van der Waals surface area contributed by atoms with Gasteiger partial charge in [0.2, 0.25) is 0 Å². The summed E-state index contributed by atoms with van der Waals surface area (Å²) in [4.78, 5) is 4.18. The van der Waals surface area contributed by atoms with Crippen molar-refractivity contribution in [2.45, 2.75) is 101 Å². The monoisotopic (exact) mass is 1160 g/mol. The van der Waals surface area contributed by atoms with Crippen LogP contribution >= 0.6 is 0 Å². The summed E-state index contributed by atoms with van der Waals surface area (Å²) in [5.74, 6) is 0.847. The lowest BCUT2D eigenvalue weighted by atomic mass is 9.12. The first-order valence-electron chi connectivity index (χ1n) is 23.0. The third-order valence-electron chi connectivity index (χ3n) is 12.2. The van der Waals surface area contributed by atoms with Gasteiger partial charge in [0.1, 0.15) is 12.3 Å². The molecule has 0 amide bonds. The van der Waals surface area contributed by atoms with E-state index in [0.29, 0.717) is 0 Å². The molecule has 5 aromatic carbocycles. The van der Waals surface area contributed by atoms with Crippen molar-refractivity contribution in [3.8, 4) is 5.88 Å². The average molecular weight is 1160 g/mol. The van der Waals surface area contributed by atoms with E-state index in [0.717, 1.165) is 25.5 Å². The number of halogens is 24. The number of alkyl halides is 24. The van der Waals surface area contributed by atoms with E-state index in [1.807, 2.05) is 12.3 Å². The Hall–Kier alpha value is -6.64. The highest BCUT2D eigenvalue weighted by Gasteiger charge is 2.47. The van der Waals surface area contributed by atoms with Crippen LogP contribution in [0.15, 0.2) is 122 Å². The molecule has 0 saturated heterocycles. The topological polar surface area (TPSA) is 26.0 Å². The van der Waals surface area contributed by atoms with E-state index in [1.54, 1.807) is 12.4 Å². The average Bonchev–Trinajstić information content (AvgIpc) is 3.46. The number of hydrogen-bond acceptors (Lipinski definition) is 2. The first kappa shape index (κ1) is 63.2. The molecule has 0 spiro atoms. The van der Waals surface area contributed by atoms with Crippen LogP contribution in [-0.2, 0) is 56.0 Å². The maximum absolute atomic E-state index is 14.2. The van der Waals surface area contributed by atoms with Gasteiger partial charge < -0.3 is 4.74 Å². The van der Waals surface area contributed by atoms with Crippen molar-refractivity contribution in [1.82, 2.24) is 4.98 Å². The molecule has 1 aromatic heterocycles. The molecule has 0 unspecified atom stereocenters. The Balaban J connectivity index is 0.000000433. The number of benzene rings is 5. The van der Waals surface area contributed by atoms with Gasteiger partial charge in [0.15, 0.2) is 12.7 Å². The molecule has 0 aliphatic rings. The van der Waals surface area contributed by atoms with Crippen LogP contribution in [0, 0.1) is 0 Å². The third-order valence-corrected chi connectivity index (χ3v) is 12.2. The highest BCUT2D eigenvalue weighted by Crippen LogP contribution is 2.41. The van der Waals surface area contributed by atoms with Gasteiger partial charge in [0.05, 0.1) is 57.3 Å². The Morgan fingerprint density at radius 2 is 0.684 bits per heavy atom. The normalized spacial score (nSPS) is 13.3. The van der Waals surface area contributed by atoms with Crippen molar-refractivity contribution in [3.05, 3.63) is 172 Å². The minimum Gasteiger partial charge on any atom is -0.443 e. The molecule has 0 fully saturated rings. The summed E-state index contributed by atoms with van der Waals surface area (Å²) in [6.45, 7) is 3.83. The number of unbranched alkanes of at least 4 members (excludes halogenated alkanes) is 5. The fourth-order valence-corrected chi connectivity index (χ4v) is 8.53. The zero-order chi connectivity index (χ0) is 59.4. The quantitative estimate of drug-likeness (QED) is 0.0470. The number of nitrogens with zero attached hydrogens (tertiary/aromatic N) is 2. The number of aromatic nitrogens is 2. The maximum Gasteiger partial charge on any atom is 0.416 e. The second-order valence-corrected chi connectivity index (χ2v) is 17.9. The summed E-state index contributed by atoms with van der Waals surface area (Å²) in [5, 5.41) is 0. The van der Waals surface area contributed by atoms with Crippen LogP contribution in [0.1, 0.15) is 95.5 Å². The van der Waals surface area contributed by atoms with E-state index in [4.69, 9.17) is 4.74 Å². The van der Waals surface area contributed by atoms with Crippen molar-refractivity contribution in [2.24, 2.45) is 0 Å². The zero-order valence-electron chi connectivity index (χ0n) is 40.2. The van der Waals surface area contributed by atoms with Crippen LogP contribution < -0.4 is 31.2 Å². The van der Waals surface area contributed by atoms with E-state index >= 15 is 0 Å². The molecule has 0 N–H and O–H groups in total. The molecule has 0 radical (unpaired) electrons. The molecule has 0 aliphatic heterocycles. The number of ether oxygens (including phenoxy) is 1. The molecular formula is C51H39BF24N2O. The number of hydrogen-bond donors (Lipinski definition) is 0. The molecule has 0 bridgehead atoms. The van der Waals surface area contributed by atoms with Crippen LogP contribution in [0.4, 0.5) is 105 Å². The Labute approximate surface area is 432 Å². The molecule has 6 aromatic rings. The lowest BCUT2D eigenvalue weighted by molar-refractivity contribution is -0.694. The Bertz CT molecular complexity index is 2570. The van der Waals surface area contributed by atoms with Crippen molar-refractivity contribution < 1.29 is 115 Å². The SMILES string of the molecule is CCCCCCCCOc1cncc[n+]1Cc1ccccc1.FC(F)(F)c1cc([B-](c2cc(C(F)(F)F)cc(C(F)(F)F)c2)(c2cc(C(F)(F)F)cc(C(F)(F)F)c2)c2cc(C(F)(F)F)cc(C(F)(F)F)c2)cc(C(F)(F)F)c1. The van der Waals surface area contributed by atoms with Crippen LogP contribution in [0.25, 0.3) is 0 Å². The number of rotatable bonds is 14. The lowest BCUT2D eigenvalue weighted by Crippen LogP contribution is -2.75. The fourth-order valence-electron chi connectivity index (χ4n) is 8.53. The molecule has 6 rings (SSSR count). The van der Waals surface area contributed by atoms with E-state index in [-0.39, 0.29) is 0 Å². The van der Waals surface area contributed by atoms with E-state index in [1.165, 1.54) is 37.7 Å². The van der Waals surface area contributed by atoms with Gasteiger partial charge in [0, 0.05) is 5.56 Å². The van der Waals surface area contributed by atoms with Crippen LogP contribution in [0.5, 0.6) is 5.88 Å². The van der Waals surface area contributed by atoms with Gasteiger partial charge in [-0.2, -0.15) is 132 Å². The second-order valence-electron chi connectivity index (χ2n) is 17.9. The van der Waals surface area contributed by atoms with E-state index in [2.05, 4.69) is 40.7 Å². The lowest BCUT2D eigenvalue weighted by Gasteiger charge is -2.46. The van der Waals surface area contributed by atoms with Crippen molar-refractivity contribution in [2.75, 3.05) is 6.61 Å². The van der Waals surface area contributed by atoms with Crippen molar-refractivity contribution in [3.63, 3.8) is 0 Å². The summed E-state index contributed by atoms with van der Waals surface area (Å²) < 4.78 is 349. The molecule has 0 atom stereocenters. The predicted octanol–water partition coefficient (Wildman–Crippen LogP) is 15.4. The molecule has 0 aliphatic carbocycles. The predicted molar refractivity (Wildman–Crippen MR) is 239 cm³/mol. The molecule has 3 nitrogen and oxygen atoms in total. The molecular weight excluding hydrogens is 1120 g/mol. The minimum absolute atomic E-state index is 0.691. The highest BCUT2D eigenvalue weighted by molar-refractivity contribution is 7.20. The maximum atomic E-state index is 14.2. The Kier molecular flexibility index (Phi) is 18.9. The summed E-state index contributed by atoms with van der Waals surface area (Å²) in [7, 11) is 0. The zero-order valence-corrected chi connectivity index (χ0v) is 40.2. The first-order valence-corrected chi connectivity index (χ1v) is 23.0.